The molecule has 0 bridgehead atoms. The summed E-state index contributed by atoms with van der Waals surface area (Å²) in [5, 5.41) is 9.55. The summed E-state index contributed by atoms with van der Waals surface area (Å²) in [7, 11) is 0. The van der Waals surface area contributed by atoms with Crippen molar-refractivity contribution in [2.45, 2.75) is 38.3 Å². The van der Waals surface area contributed by atoms with Gasteiger partial charge in [0.05, 0.1) is 19.3 Å². The maximum Gasteiger partial charge on any atom is 0.209 e. The van der Waals surface area contributed by atoms with E-state index in [1.54, 1.807) is 6.20 Å². The molecule has 1 saturated heterocycles. The van der Waals surface area contributed by atoms with E-state index >= 15 is 0 Å². The van der Waals surface area contributed by atoms with E-state index in [-0.39, 0.29) is 12.6 Å². The van der Waals surface area contributed by atoms with Crippen molar-refractivity contribution < 1.29 is 9.52 Å². The van der Waals surface area contributed by atoms with Crippen LogP contribution in [0, 0.1) is 0 Å². The Morgan fingerprint density at radius 2 is 2.05 bits per heavy atom. The lowest BCUT2D eigenvalue weighted by Gasteiger charge is -2.26. The number of aliphatic hydroxyl groups excluding tert-OH is 1. The Labute approximate surface area is 125 Å². The average Bonchev–Trinajstić information content (AvgIpc) is 2.88. The Morgan fingerprint density at radius 3 is 2.86 bits per heavy atom. The van der Waals surface area contributed by atoms with Crippen molar-refractivity contribution in [1.29, 1.82) is 0 Å². The van der Waals surface area contributed by atoms with Gasteiger partial charge in [-0.05, 0) is 19.4 Å². The van der Waals surface area contributed by atoms with Crippen LogP contribution >= 0.6 is 0 Å². The fraction of sp³-hybridized carbons (Fsp3) is 0.471. The highest BCUT2D eigenvalue weighted by Gasteiger charge is 2.22. The number of aromatic nitrogens is 1. The third-order valence-electron chi connectivity index (χ3n) is 4.16. The average molecular weight is 286 g/mol. The van der Waals surface area contributed by atoms with Crippen molar-refractivity contribution in [2.24, 2.45) is 0 Å². The molecular weight excluding hydrogens is 264 g/mol. The first kappa shape index (κ1) is 14.3. The Morgan fingerprint density at radius 1 is 1.19 bits per heavy atom. The van der Waals surface area contributed by atoms with Crippen LogP contribution in [-0.4, -0.2) is 34.2 Å². The number of hydrogen-bond donors (Lipinski definition) is 1. The summed E-state index contributed by atoms with van der Waals surface area (Å²) in [6.07, 6.45) is 6.47. The highest BCUT2D eigenvalue weighted by atomic mass is 16.4. The van der Waals surface area contributed by atoms with E-state index in [2.05, 4.69) is 9.88 Å². The molecule has 1 aromatic heterocycles. The van der Waals surface area contributed by atoms with Gasteiger partial charge in [-0.3, -0.25) is 4.90 Å². The molecule has 0 amide bonds. The first-order chi connectivity index (χ1) is 10.4. The second kappa shape index (κ2) is 6.87. The molecule has 1 aliphatic heterocycles. The highest BCUT2D eigenvalue weighted by molar-refractivity contribution is 5.55. The Balaban J connectivity index is 1.71. The monoisotopic (exact) mass is 286 g/mol. The molecule has 1 atom stereocenters. The van der Waals surface area contributed by atoms with Crippen molar-refractivity contribution in [1.82, 2.24) is 9.88 Å². The molecule has 0 saturated carbocycles. The molecule has 2 heterocycles. The number of oxazole rings is 1. The van der Waals surface area contributed by atoms with Crippen LogP contribution in [0.15, 0.2) is 40.9 Å². The molecule has 4 heteroatoms. The predicted octanol–water partition coefficient (Wildman–Crippen LogP) is 3.08. The molecule has 2 aromatic rings. The topological polar surface area (TPSA) is 49.5 Å². The number of benzene rings is 1. The first-order valence-corrected chi connectivity index (χ1v) is 7.72. The molecule has 0 spiro atoms. The zero-order valence-electron chi connectivity index (χ0n) is 12.2. The van der Waals surface area contributed by atoms with Crippen LogP contribution in [0.3, 0.4) is 0 Å². The molecule has 4 nitrogen and oxygen atoms in total. The Kier molecular flexibility index (Phi) is 4.68. The first-order valence-electron chi connectivity index (χ1n) is 7.72. The quantitative estimate of drug-likeness (QED) is 0.938. The zero-order chi connectivity index (χ0) is 14.5. The zero-order valence-corrected chi connectivity index (χ0v) is 12.2. The van der Waals surface area contributed by atoms with Gasteiger partial charge in [-0.2, -0.15) is 0 Å². The van der Waals surface area contributed by atoms with Gasteiger partial charge in [-0.15, -0.1) is 0 Å². The van der Waals surface area contributed by atoms with Gasteiger partial charge in [0.25, 0.3) is 0 Å². The summed E-state index contributed by atoms with van der Waals surface area (Å²) in [5.41, 5.74) is 1.05. The van der Waals surface area contributed by atoms with Gasteiger partial charge in [0.2, 0.25) is 5.89 Å². The van der Waals surface area contributed by atoms with Gasteiger partial charge >= 0.3 is 0 Å². The van der Waals surface area contributed by atoms with E-state index in [1.165, 1.54) is 19.3 Å². The van der Waals surface area contributed by atoms with Gasteiger partial charge in [0.15, 0.2) is 5.76 Å². The number of rotatable bonds is 4. The second-order valence-corrected chi connectivity index (χ2v) is 5.64. The van der Waals surface area contributed by atoms with E-state index in [0.29, 0.717) is 6.54 Å². The van der Waals surface area contributed by atoms with Crippen LogP contribution in [0.5, 0.6) is 0 Å². The van der Waals surface area contributed by atoms with Gasteiger partial charge in [-0.25, -0.2) is 4.98 Å². The number of nitrogens with zero attached hydrogens (tertiary/aromatic N) is 2. The molecule has 3 rings (SSSR count). The molecule has 21 heavy (non-hydrogen) atoms. The fourth-order valence-electron chi connectivity index (χ4n) is 2.94. The fourth-order valence-corrected chi connectivity index (χ4v) is 2.94. The highest BCUT2D eigenvalue weighted by Crippen LogP contribution is 2.23. The van der Waals surface area contributed by atoms with Gasteiger partial charge < -0.3 is 9.52 Å². The summed E-state index contributed by atoms with van der Waals surface area (Å²) in [5.74, 6) is 1.54. The predicted molar refractivity (Wildman–Crippen MR) is 81.7 cm³/mol. The lowest BCUT2D eigenvalue weighted by atomic mass is 10.1. The van der Waals surface area contributed by atoms with Crippen LogP contribution in [-0.2, 0) is 6.54 Å². The maximum absolute atomic E-state index is 9.55. The van der Waals surface area contributed by atoms with E-state index in [1.807, 2.05) is 30.3 Å². The Hall–Kier alpha value is -1.65. The van der Waals surface area contributed by atoms with Crippen molar-refractivity contribution in [3.8, 4) is 11.3 Å². The van der Waals surface area contributed by atoms with Crippen molar-refractivity contribution in [3.63, 3.8) is 0 Å². The summed E-state index contributed by atoms with van der Waals surface area (Å²) in [6.45, 7) is 1.90. The van der Waals surface area contributed by atoms with E-state index < -0.39 is 0 Å². The maximum atomic E-state index is 9.55. The van der Waals surface area contributed by atoms with Gasteiger partial charge in [0, 0.05) is 11.6 Å². The molecule has 1 unspecified atom stereocenters. The SMILES string of the molecule is OCC1CCCCCN1Cc1ncc(-c2ccccc2)o1. The summed E-state index contributed by atoms with van der Waals surface area (Å²) >= 11 is 0. The summed E-state index contributed by atoms with van der Waals surface area (Å²) < 4.78 is 5.87. The van der Waals surface area contributed by atoms with E-state index in [4.69, 9.17) is 4.42 Å². The van der Waals surface area contributed by atoms with E-state index in [0.717, 1.165) is 30.2 Å². The third-order valence-corrected chi connectivity index (χ3v) is 4.16. The number of likely N-dealkylation sites (tertiary alicyclic amines) is 1. The van der Waals surface area contributed by atoms with Gasteiger partial charge in [-0.1, -0.05) is 43.2 Å². The molecule has 1 fully saturated rings. The van der Waals surface area contributed by atoms with Crippen molar-refractivity contribution in [3.05, 3.63) is 42.4 Å². The van der Waals surface area contributed by atoms with Crippen molar-refractivity contribution >= 4 is 0 Å². The summed E-state index contributed by atoms with van der Waals surface area (Å²) in [6, 6.07) is 10.3. The number of hydrogen-bond acceptors (Lipinski definition) is 4. The minimum Gasteiger partial charge on any atom is -0.439 e. The van der Waals surface area contributed by atoms with Crippen LogP contribution < -0.4 is 0 Å². The van der Waals surface area contributed by atoms with Gasteiger partial charge in [0.1, 0.15) is 0 Å². The molecule has 1 aliphatic rings. The van der Waals surface area contributed by atoms with Crippen LogP contribution in [0.2, 0.25) is 0 Å². The standard InChI is InChI=1S/C17H22N2O2/c20-13-15-9-5-2-6-10-19(15)12-17-18-11-16(21-17)14-7-3-1-4-8-14/h1,3-4,7-8,11,15,20H,2,5-6,9-10,12-13H2. The largest absolute Gasteiger partial charge is 0.439 e. The normalized spacial score (nSPS) is 20.3. The van der Waals surface area contributed by atoms with Crippen LogP contribution in [0.4, 0.5) is 0 Å². The lowest BCUT2D eigenvalue weighted by molar-refractivity contribution is 0.110. The summed E-state index contributed by atoms with van der Waals surface area (Å²) in [4.78, 5) is 6.70. The molecule has 112 valence electrons. The molecule has 1 aromatic carbocycles. The van der Waals surface area contributed by atoms with Crippen molar-refractivity contribution in [2.75, 3.05) is 13.2 Å². The minimum absolute atomic E-state index is 0.215. The molecule has 0 aliphatic carbocycles. The van der Waals surface area contributed by atoms with Crippen LogP contribution in [0.1, 0.15) is 31.6 Å². The molecule has 1 N–H and O–H groups in total. The lowest BCUT2D eigenvalue weighted by Crippen LogP contribution is -2.36. The van der Waals surface area contributed by atoms with E-state index in [9.17, 15) is 5.11 Å². The smallest absolute Gasteiger partial charge is 0.209 e. The minimum atomic E-state index is 0.215. The molecular formula is C17H22N2O2. The molecule has 0 radical (unpaired) electrons. The third kappa shape index (κ3) is 3.52. The second-order valence-electron chi connectivity index (χ2n) is 5.64. The van der Waals surface area contributed by atoms with Crippen LogP contribution in [0.25, 0.3) is 11.3 Å². The Bertz CT molecular complexity index is 553. The number of aliphatic hydroxyl groups is 1.